The van der Waals surface area contributed by atoms with E-state index in [0.717, 1.165) is 15.8 Å². The van der Waals surface area contributed by atoms with Crippen LogP contribution in [0.15, 0.2) is 33.4 Å². The molecule has 0 aliphatic carbocycles. The predicted octanol–water partition coefficient (Wildman–Crippen LogP) is 3.09. The van der Waals surface area contributed by atoms with Gasteiger partial charge in [-0.15, -0.1) is 11.3 Å². The molecule has 0 aliphatic rings. The van der Waals surface area contributed by atoms with E-state index in [1.165, 1.54) is 23.1 Å². The van der Waals surface area contributed by atoms with Crippen LogP contribution in [0.2, 0.25) is 0 Å². The Hall–Kier alpha value is -1.64. The summed E-state index contributed by atoms with van der Waals surface area (Å²) in [7, 11) is 1.80. The van der Waals surface area contributed by atoms with Gasteiger partial charge in [0, 0.05) is 13.6 Å². The smallest absolute Gasteiger partial charge is 0.233 e. The van der Waals surface area contributed by atoms with Gasteiger partial charge in [0.25, 0.3) is 0 Å². The lowest BCUT2D eigenvalue weighted by atomic mass is 10.3. The van der Waals surface area contributed by atoms with Gasteiger partial charge in [0.05, 0.1) is 11.1 Å². The number of nitrogens with zero attached hydrogens (tertiary/aromatic N) is 3. The minimum atomic E-state index is 0.0460. The molecule has 0 bridgehead atoms. The Balaban J connectivity index is 1.61. The number of amides is 1. The third kappa shape index (κ3) is 3.40. The molecule has 0 saturated heterocycles. The van der Waals surface area contributed by atoms with Gasteiger partial charge in [-0.25, -0.2) is 9.97 Å². The van der Waals surface area contributed by atoms with Crippen LogP contribution in [-0.2, 0) is 11.3 Å². The summed E-state index contributed by atoms with van der Waals surface area (Å²) in [5, 5.41) is 7.41. The Kier molecular flexibility index (Phi) is 4.60. The molecule has 1 amide bonds. The van der Waals surface area contributed by atoms with Crippen LogP contribution in [0.3, 0.4) is 0 Å². The minimum Gasteiger partial charge on any atom is -0.383 e. The van der Waals surface area contributed by atoms with E-state index in [2.05, 4.69) is 9.97 Å². The summed E-state index contributed by atoms with van der Waals surface area (Å²) in [4.78, 5) is 23.4. The van der Waals surface area contributed by atoms with E-state index >= 15 is 0 Å². The Bertz CT molecular complexity index is 785. The molecule has 2 N–H and O–H groups in total. The molecule has 5 nitrogen and oxygen atoms in total. The van der Waals surface area contributed by atoms with Gasteiger partial charge in [0.15, 0.2) is 5.16 Å². The van der Waals surface area contributed by atoms with Crippen LogP contribution in [0, 0.1) is 0 Å². The first kappa shape index (κ1) is 15.3. The molecular formula is C14H14N4OS3. The fourth-order valence-corrected chi connectivity index (χ4v) is 4.18. The van der Waals surface area contributed by atoms with Gasteiger partial charge in [-0.2, -0.15) is 11.3 Å². The summed E-state index contributed by atoms with van der Waals surface area (Å²) in [5.41, 5.74) is 7.05. The molecular weight excluding hydrogens is 336 g/mol. The van der Waals surface area contributed by atoms with Gasteiger partial charge in [-0.1, -0.05) is 11.8 Å². The van der Waals surface area contributed by atoms with Crippen molar-refractivity contribution in [3.63, 3.8) is 0 Å². The van der Waals surface area contributed by atoms with E-state index in [4.69, 9.17) is 5.73 Å². The Morgan fingerprint density at radius 3 is 3.00 bits per heavy atom. The van der Waals surface area contributed by atoms with E-state index < -0.39 is 0 Å². The van der Waals surface area contributed by atoms with Crippen molar-refractivity contribution in [3.8, 4) is 0 Å². The molecule has 3 aromatic rings. The highest BCUT2D eigenvalue weighted by Crippen LogP contribution is 2.26. The standard InChI is InChI=1S/C14H14N4OS3/c1-18(6-9-2-4-20-7-9)11(19)8-22-14-16-12(15)10-3-5-21-13(10)17-14/h2-5,7H,6,8H2,1H3,(H2,15,16,17). The van der Waals surface area contributed by atoms with E-state index in [-0.39, 0.29) is 5.91 Å². The van der Waals surface area contributed by atoms with Gasteiger partial charge >= 0.3 is 0 Å². The fourth-order valence-electron chi connectivity index (χ4n) is 1.90. The minimum absolute atomic E-state index is 0.0460. The molecule has 0 aliphatic heterocycles. The van der Waals surface area contributed by atoms with Crippen molar-refractivity contribution in [2.75, 3.05) is 18.5 Å². The number of nitrogens with two attached hydrogens (primary N) is 1. The summed E-state index contributed by atoms with van der Waals surface area (Å²) in [6, 6.07) is 3.93. The Labute approximate surface area is 140 Å². The molecule has 0 unspecified atom stereocenters. The predicted molar refractivity (Wildman–Crippen MR) is 93.3 cm³/mol. The van der Waals surface area contributed by atoms with Crippen molar-refractivity contribution in [3.05, 3.63) is 33.8 Å². The molecule has 0 spiro atoms. The van der Waals surface area contributed by atoms with Crippen LogP contribution in [0.25, 0.3) is 10.2 Å². The first-order chi connectivity index (χ1) is 10.6. The van der Waals surface area contributed by atoms with Gasteiger partial charge in [0.2, 0.25) is 5.91 Å². The molecule has 3 heterocycles. The maximum absolute atomic E-state index is 12.2. The molecule has 0 aromatic carbocycles. The van der Waals surface area contributed by atoms with Crippen LogP contribution < -0.4 is 5.73 Å². The highest BCUT2D eigenvalue weighted by molar-refractivity contribution is 7.99. The first-order valence-electron chi connectivity index (χ1n) is 6.52. The molecule has 114 valence electrons. The maximum atomic E-state index is 12.2. The maximum Gasteiger partial charge on any atom is 0.233 e. The third-order valence-corrected chi connectivity index (χ3v) is 5.46. The quantitative estimate of drug-likeness (QED) is 0.565. The topological polar surface area (TPSA) is 72.1 Å². The molecule has 0 radical (unpaired) electrons. The summed E-state index contributed by atoms with van der Waals surface area (Å²) in [5.74, 6) is 0.814. The fraction of sp³-hybridized carbons (Fsp3) is 0.214. The van der Waals surface area contributed by atoms with E-state index in [0.29, 0.717) is 23.3 Å². The van der Waals surface area contributed by atoms with Crippen molar-refractivity contribution in [1.29, 1.82) is 0 Å². The van der Waals surface area contributed by atoms with Gasteiger partial charge in [0.1, 0.15) is 10.6 Å². The van der Waals surface area contributed by atoms with Gasteiger partial charge in [-0.3, -0.25) is 4.79 Å². The second kappa shape index (κ2) is 6.64. The van der Waals surface area contributed by atoms with Crippen LogP contribution in [0.4, 0.5) is 5.82 Å². The second-order valence-corrected chi connectivity index (χ2v) is 7.32. The van der Waals surface area contributed by atoms with Gasteiger partial charge in [-0.05, 0) is 33.8 Å². The zero-order valence-corrected chi connectivity index (χ0v) is 14.3. The number of thiophene rings is 2. The number of nitrogen functional groups attached to an aromatic ring is 1. The molecule has 0 fully saturated rings. The summed E-state index contributed by atoms with van der Waals surface area (Å²) in [6.45, 7) is 0.621. The molecule has 22 heavy (non-hydrogen) atoms. The Morgan fingerprint density at radius 2 is 2.23 bits per heavy atom. The summed E-state index contributed by atoms with van der Waals surface area (Å²) >= 11 is 4.47. The highest BCUT2D eigenvalue weighted by Gasteiger charge is 2.13. The zero-order chi connectivity index (χ0) is 15.5. The molecule has 8 heteroatoms. The van der Waals surface area contributed by atoms with Gasteiger partial charge < -0.3 is 10.6 Å². The van der Waals surface area contributed by atoms with E-state index in [1.807, 2.05) is 28.3 Å². The number of carbonyl (C=O) groups excluding carboxylic acids is 1. The van der Waals surface area contributed by atoms with E-state index in [1.54, 1.807) is 23.3 Å². The third-order valence-electron chi connectivity index (χ3n) is 3.08. The molecule has 0 atom stereocenters. The number of aromatic nitrogens is 2. The first-order valence-corrected chi connectivity index (χ1v) is 9.33. The summed E-state index contributed by atoms with van der Waals surface area (Å²) < 4.78 is 0. The van der Waals surface area contributed by atoms with Crippen LogP contribution >= 0.6 is 34.4 Å². The van der Waals surface area contributed by atoms with E-state index in [9.17, 15) is 4.79 Å². The second-order valence-electron chi connectivity index (χ2n) is 4.70. The number of hydrogen-bond acceptors (Lipinski definition) is 7. The van der Waals surface area contributed by atoms with Crippen molar-refractivity contribution in [1.82, 2.24) is 14.9 Å². The number of anilines is 1. The average molecular weight is 350 g/mol. The van der Waals surface area contributed by atoms with Crippen LogP contribution in [-0.4, -0.2) is 33.6 Å². The van der Waals surface area contributed by atoms with Crippen molar-refractivity contribution >= 4 is 56.4 Å². The monoisotopic (exact) mass is 350 g/mol. The lowest BCUT2D eigenvalue weighted by molar-refractivity contribution is -0.127. The number of carbonyl (C=O) groups is 1. The average Bonchev–Trinajstić information content (AvgIpc) is 3.15. The lowest BCUT2D eigenvalue weighted by Gasteiger charge is -2.15. The van der Waals surface area contributed by atoms with Crippen LogP contribution in [0.1, 0.15) is 5.56 Å². The zero-order valence-electron chi connectivity index (χ0n) is 11.9. The largest absolute Gasteiger partial charge is 0.383 e. The highest BCUT2D eigenvalue weighted by atomic mass is 32.2. The lowest BCUT2D eigenvalue weighted by Crippen LogP contribution is -2.27. The molecule has 3 rings (SSSR count). The number of fused-ring (bicyclic) bond motifs is 1. The summed E-state index contributed by atoms with van der Waals surface area (Å²) in [6.07, 6.45) is 0. The van der Waals surface area contributed by atoms with Crippen molar-refractivity contribution < 1.29 is 4.79 Å². The SMILES string of the molecule is CN(Cc1ccsc1)C(=O)CSc1nc(N)c2ccsc2n1. The van der Waals surface area contributed by atoms with Crippen molar-refractivity contribution in [2.24, 2.45) is 0 Å². The molecule has 0 saturated carbocycles. The number of thioether (sulfide) groups is 1. The molecule has 3 aromatic heterocycles. The number of hydrogen-bond donors (Lipinski definition) is 1. The Morgan fingerprint density at radius 1 is 1.36 bits per heavy atom. The normalized spacial score (nSPS) is 11.0. The van der Waals surface area contributed by atoms with Crippen LogP contribution in [0.5, 0.6) is 0 Å². The number of rotatable bonds is 5. The van der Waals surface area contributed by atoms with Crippen molar-refractivity contribution in [2.45, 2.75) is 11.7 Å².